The molecule has 0 saturated carbocycles. The van der Waals surface area contributed by atoms with Crippen LogP contribution < -0.4 is 11.1 Å². The van der Waals surface area contributed by atoms with Crippen LogP contribution in [0.1, 0.15) is 6.92 Å². The maximum Gasteiger partial charge on any atom is 0.320 e. The molecule has 2 fully saturated rings. The average molecular weight is 262 g/mol. The third-order valence-corrected chi connectivity index (χ3v) is 3.43. The van der Waals surface area contributed by atoms with Gasteiger partial charge in [0.15, 0.2) is 12.4 Å². The Hall–Kier alpha value is -0.960. The molecule has 104 valence electrons. The van der Waals surface area contributed by atoms with Crippen molar-refractivity contribution in [3.63, 3.8) is 0 Å². The number of urea groups is 1. The molecule has 8 heteroatoms. The summed E-state index contributed by atoms with van der Waals surface area (Å²) >= 11 is 0. The van der Waals surface area contributed by atoms with Gasteiger partial charge in [0.2, 0.25) is 0 Å². The zero-order valence-corrected chi connectivity index (χ0v) is 9.99. The third kappa shape index (κ3) is 2.16. The highest BCUT2D eigenvalue weighted by atomic mass is 18.2. The Morgan fingerprint density at radius 1 is 1.67 bits per heavy atom. The van der Waals surface area contributed by atoms with Crippen LogP contribution in [0.25, 0.3) is 0 Å². The van der Waals surface area contributed by atoms with Gasteiger partial charge in [-0.05, 0) is 0 Å². The summed E-state index contributed by atoms with van der Waals surface area (Å²) in [4.78, 5) is 12.9. The van der Waals surface area contributed by atoms with Crippen molar-refractivity contribution in [3.05, 3.63) is 0 Å². The van der Waals surface area contributed by atoms with Crippen molar-refractivity contribution < 1.29 is 24.1 Å². The van der Waals surface area contributed by atoms with Crippen LogP contribution in [0.5, 0.6) is 0 Å². The summed E-state index contributed by atoms with van der Waals surface area (Å²) in [6, 6.07) is -0.529. The van der Waals surface area contributed by atoms with Crippen molar-refractivity contribution in [2.45, 2.75) is 37.7 Å². The maximum atomic E-state index is 13.9. The number of aliphatic hydroxyl groups is 2. The third-order valence-electron chi connectivity index (χ3n) is 3.43. The van der Waals surface area contributed by atoms with Crippen molar-refractivity contribution in [2.24, 2.45) is 11.7 Å². The van der Waals surface area contributed by atoms with Gasteiger partial charge in [-0.25, -0.2) is 9.18 Å². The van der Waals surface area contributed by atoms with E-state index in [1.54, 1.807) is 0 Å². The van der Waals surface area contributed by atoms with E-state index in [0.29, 0.717) is 0 Å². The van der Waals surface area contributed by atoms with Crippen LogP contribution in [0.3, 0.4) is 0 Å². The first-order valence-corrected chi connectivity index (χ1v) is 5.87. The van der Waals surface area contributed by atoms with Crippen LogP contribution in [0.4, 0.5) is 9.18 Å². The summed E-state index contributed by atoms with van der Waals surface area (Å²) in [7, 11) is 0. The summed E-state index contributed by atoms with van der Waals surface area (Å²) in [5.74, 6) is -0.0659. The molecule has 0 aromatic rings. The van der Waals surface area contributed by atoms with Gasteiger partial charge in [0.05, 0.1) is 12.8 Å². The van der Waals surface area contributed by atoms with Crippen LogP contribution in [0.15, 0.2) is 0 Å². The molecule has 0 radical (unpaired) electrons. The van der Waals surface area contributed by atoms with Gasteiger partial charge in [-0.3, -0.25) is 4.90 Å². The molecule has 0 aliphatic carbocycles. The number of amides is 2. The second-order valence-corrected chi connectivity index (χ2v) is 4.79. The first-order valence-electron chi connectivity index (χ1n) is 5.87. The van der Waals surface area contributed by atoms with E-state index in [1.165, 1.54) is 0 Å². The number of nitrogens with two attached hydrogens (primary N) is 1. The second-order valence-electron chi connectivity index (χ2n) is 4.79. The fourth-order valence-corrected chi connectivity index (χ4v) is 2.20. The summed E-state index contributed by atoms with van der Waals surface area (Å²) in [6.45, 7) is 1.56. The summed E-state index contributed by atoms with van der Waals surface area (Å²) in [5.41, 5.74) is 5.66. The Bertz CT molecular complexity index is 332. The molecule has 2 heterocycles. The minimum absolute atomic E-state index is 0.0659. The standard InChI is InChI=1S/C10H18FN3O4/c1-4-2-14(10(17)13-8(4)12)9-6(11)7(16)5(3-15)18-9/h4-9,15-16H,2-3,12H2,1H3,(H,13,17)/t4-,5+,6-,7?,8+,9+/m0/s1/i11-1. The monoisotopic (exact) mass is 262 g/mol. The van der Waals surface area contributed by atoms with Crippen LogP contribution in [0.2, 0.25) is 0 Å². The molecule has 6 atom stereocenters. The quantitative estimate of drug-likeness (QED) is 0.477. The minimum Gasteiger partial charge on any atom is -0.394 e. The zero-order valence-electron chi connectivity index (χ0n) is 9.99. The molecule has 2 amide bonds. The number of carbonyl (C=O) groups is 1. The van der Waals surface area contributed by atoms with Crippen LogP contribution in [0, 0.1) is 5.92 Å². The molecule has 0 bridgehead atoms. The first kappa shape index (κ1) is 13.5. The molecule has 0 aromatic carbocycles. The molecule has 2 aliphatic rings. The largest absolute Gasteiger partial charge is 0.394 e. The number of aliphatic hydroxyl groups excluding tert-OH is 2. The van der Waals surface area contributed by atoms with E-state index >= 15 is 0 Å². The fourth-order valence-electron chi connectivity index (χ4n) is 2.20. The van der Waals surface area contributed by atoms with Gasteiger partial charge in [-0.15, -0.1) is 0 Å². The maximum absolute atomic E-state index is 13.9. The van der Waals surface area contributed by atoms with Gasteiger partial charge in [0.1, 0.15) is 12.2 Å². The van der Waals surface area contributed by atoms with Gasteiger partial charge in [0.25, 0.3) is 0 Å². The molecular weight excluding hydrogens is 244 g/mol. The number of halogens is 1. The minimum atomic E-state index is -1.74. The van der Waals surface area contributed by atoms with Crippen LogP contribution in [-0.2, 0) is 4.74 Å². The van der Waals surface area contributed by atoms with Crippen molar-refractivity contribution in [1.29, 1.82) is 0 Å². The van der Waals surface area contributed by atoms with E-state index in [9.17, 15) is 14.3 Å². The topological polar surface area (TPSA) is 108 Å². The van der Waals surface area contributed by atoms with Crippen molar-refractivity contribution in [3.8, 4) is 0 Å². The molecule has 7 nitrogen and oxygen atoms in total. The van der Waals surface area contributed by atoms with E-state index < -0.39 is 43.4 Å². The highest BCUT2D eigenvalue weighted by Crippen LogP contribution is 2.28. The predicted molar refractivity (Wildman–Crippen MR) is 59.0 cm³/mol. The lowest BCUT2D eigenvalue weighted by atomic mass is 10.1. The molecule has 1 unspecified atom stereocenters. The summed E-state index contributed by atoms with van der Waals surface area (Å²) in [5, 5.41) is 21.0. The van der Waals surface area contributed by atoms with Crippen molar-refractivity contribution in [1.82, 2.24) is 10.2 Å². The lowest BCUT2D eigenvalue weighted by molar-refractivity contribution is -0.0791. The fraction of sp³-hybridized carbons (Fsp3) is 0.900. The van der Waals surface area contributed by atoms with Gasteiger partial charge < -0.3 is 26.0 Å². The van der Waals surface area contributed by atoms with E-state index in [2.05, 4.69) is 5.32 Å². The second kappa shape index (κ2) is 4.96. The number of ether oxygens (including phenoxy) is 1. The van der Waals surface area contributed by atoms with E-state index in [-0.39, 0.29) is 12.5 Å². The Morgan fingerprint density at radius 2 is 2.33 bits per heavy atom. The first-order chi connectivity index (χ1) is 8.45. The number of hydrogen-bond donors (Lipinski definition) is 4. The van der Waals surface area contributed by atoms with E-state index in [1.807, 2.05) is 6.92 Å². The summed E-state index contributed by atoms with van der Waals surface area (Å²) in [6.07, 6.45) is -5.85. The number of carbonyl (C=O) groups excluding carboxylic acids is 1. The average Bonchev–Trinajstić information content (AvgIpc) is 2.61. The Morgan fingerprint density at radius 3 is 2.89 bits per heavy atom. The van der Waals surface area contributed by atoms with Gasteiger partial charge in [-0.1, -0.05) is 6.92 Å². The number of hydrogen-bond acceptors (Lipinski definition) is 5. The van der Waals surface area contributed by atoms with Crippen LogP contribution >= 0.6 is 0 Å². The Balaban J connectivity index is 2.10. The lowest BCUT2D eigenvalue weighted by Gasteiger charge is -2.39. The molecule has 5 N–H and O–H groups in total. The van der Waals surface area contributed by atoms with E-state index in [0.717, 1.165) is 4.90 Å². The Labute approximate surface area is 104 Å². The number of alkyl halides is 1. The molecular formula is C10H18FN3O4. The molecule has 2 rings (SSSR count). The van der Waals surface area contributed by atoms with Gasteiger partial charge in [-0.2, -0.15) is 0 Å². The molecule has 18 heavy (non-hydrogen) atoms. The van der Waals surface area contributed by atoms with Crippen molar-refractivity contribution >= 4 is 6.03 Å². The van der Waals surface area contributed by atoms with Gasteiger partial charge >= 0.3 is 6.03 Å². The molecule has 0 spiro atoms. The zero-order chi connectivity index (χ0) is 13.4. The Kier molecular flexibility index (Phi) is 3.71. The molecule has 2 saturated heterocycles. The molecule has 2 aliphatic heterocycles. The normalized spacial score (nSPS) is 45.2. The SMILES string of the molecule is C[C@H]1CN([C@@H]2O[C@H](CO)C(O)[C@@H]2[18F])C(=O)N[C@H]1N. The number of nitrogens with one attached hydrogen (secondary N) is 1. The predicted octanol–water partition coefficient (Wildman–Crippen LogP) is -1.65. The van der Waals surface area contributed by atoms with Crippen LogP contribution in [-0.4, -0.2) is 65.1 Å². The highest BCUT2D eigenvalue weighted by Gasteiger charge is 2.49. The summed E-state index contributed by atoms with van der Waals surface area (Å²) < 4.78 is 19.0. The number of rotatable bonds is 2. The highest BCUT2D eigenvalue weighted by molar-refractivity contribution is 5.75. The van der Waals surface area contributed by atoms with Crippen molar-refractivity contribution in [2.75, 3.05) is 13.2 Å². The van der Waals surface area contributed by atoms with E-state index in [4.69, 9.17) is 15.6 Å². The smallest absolute Gasteiger partial charge is 0.320 e. The molecule has 0 aromatic heterocycles. The van der Waals surface area contributed by atoms with Gasteiger partial charge in [0, 0.05) is 12.5 Å². The number of nitrogens with zero attached hydrogens (tertiary/aromatic N) is 1. The lowest BCUT2D eigenvalue weighted by Crippen LogP contribution is -2.63.